The van der Waals surface area contributed by atoms with Gasteiger partial charge in [-0.3, -0.25) is 9.59 Å². The molecule has 3 heterocycles. The van der Waals surface area contributed by atoms with Crippen LogP contribution < -0.4 is 10.6 Å². The topological polar surface area (TPSA) is 113 Å². The molecule has 0 bridgehead atoms. The lowest BCUT2D eigenvalue weighted by Crippen LogP contribution is -2.13. The monoisotopic (exact) mass is 423 g/mol. The molecule has 5 aromatic rings. The number of nitrogens with one attached hydrogen (secondary N) is 3. The zero-order chi connectivity index (χ0) is 21.9. The smallest absolute Gasteiger partial charge is 0.257 e. The Morgan fingerprint density at radius 1 is 0.844 bits per heavy atom. The van der Waals surface area contributed by atoms with Crippen molar-refractivity contribution in [2.24, 2.45) is 0 Å². The number of hydrogen-bond donors (Lipinski definition) is 3. The number of carbonyl (C=O) groups is 2. The summed E-state index contributed by atoms with van der Waals surface area (Å²) < 4.78 is 5.09. The maximum Gasteiger partial charge on any atom is 0.257 e. The summed E-state index contributed by atoms with van der Waals surface area (Å²) in [5, 5.41) is 5.69. The molecule has 3 N–H and O–H groups in total. The number of H-pyrrole nitrogens is 1. The highest BCUT2D eigenvalue weighted by Gasteiger charge is 2.16. The van der Waals surface area contributed by atoms with E-state index in [0.29, 0.717) is 39.5 Å². The molecule has 2 aromatic carbocycles. The molecule has 32 heavy (non-hydrogen) atoms. The van der Waals surface area contributed by atoms with Gasteiger partial charge in [0, 0.05) is 23.1 Å². The largest absolute Gasteiger partial charge is 0.472 e. The lowest BCUT2D eigenvalue weighted by atomic mass is 10.2. The first-order chi connectivity index (χ1) is 15.7. The molecular weight excluding hydrogens is 406 g/mol. The third kappa shape index (κ3) is 3.84. The number of furan rings is 1. The summed E-state index contributed by atoms with van der Waals surface area (Å²) in [4.78, 5) is 37.0. The first-order valence-electron chi connectivity index (χ1n) is 9.82. The molecule has 156 valence electrons. The first-order valence-corrected chi connectivity index (χ1v) is 9.82. The van der Waals surface area contributed by atoms with Crippen LogP contribution in [0.1, 0.15) is 20.7 Å². The summed E-state index contributed by atoms with van der Waals surface area (Å²) in [6.07, 6.45) is 4.66. The van der Waals surface area contributed by atoms with Gasteiger partial charge in [0.25, 0.3) is 11.8 Å². The molecule has 8 heteroatoms. The third-order valence-corrected chi connectivity index (χ3v) is 4.87. The highest BCUT2D eigenvalue weighted by molar-refractivity contribution is 6.11. The Hall–Kier alpha value is -4.72. The zero-order valence-electron chi connectivity index (χ0n) is 16.7. The van der Waals surface area contributed by atoms with Gasteiger partial charge in [-0.05, 0) is 48.5 Å². The van der Waals surface area contributed by atoms with Gasteiger partial charge in [-0.25, -0.2) is 9.97 Å². The van der Waals surface area contributed by atoms with Gasteiger partial charge in [-0.2, -0.15) is 0 Å². The Balaban J connectivity index is 1.32. The number of aromatic amines is 1. The Kier molecular flexibility index (Phi) is 4.93. The van der Waals surface area contributed by atoms with Gasteiger partial charge in [0.15, 0.2) is 5.65 Å². The summed E-state index contributed by atoms with van der Waals surface area (Å²) in [5.41, 5.74) is 3.94. The Morgan fingerprint density at radius 3 is 2.25 bits per heavy atom. The molecule has 8 nitrogen and oxygen atoms in total. The van der Waals surface area contributed by atoms with Crippen molar-refractivity contribution < 1.29 is 14.0 Å². The molecule has 0 aliphatic carbocycles. The first kappa shape index (κ1) is 19.3. The third-order valence-electron chi connectivity index (χ3n) is 4.87. The number of hydrogen-bond acceptors (Lipinski definition) is 5. The molecule has 3 aromatic heterocycles. The molecule has 0 saturated heterocycles. The second kappa shape index (κ2) is 8.19. The number of carbonyl (C=O) groups excluding carboxylic acids is 2. The van der Waals surface area contributed by atoms with Crippen molar-refractivity contribution in [3.05, 3.63) is 96.6 Å². The van der Waals surface area contributed by atoms with Gasteiger partial charge in [-0.15, -0.1) is 0 Å². The fraction of sp³-hybridized carbons (Fsp3) is 0. The molecule has 5 rings (SSSR count). The molecular formula is C24H17N5O3. The predicted octanol–water partition coefficient (Wildman–Crippen LogP) is 4.72. The second-order valence-corrected chi connectivity index (χ2v) is 7.01. The number of amides is 2. The van der Waals surface area contributed by atoms with Crippen molar-refractivity contribution in [3.63, 3.8) is 0 Å². The van der Waals surface area contributed by atoms with E-state index in [2.05, 4.69) is 25.6 Å². The molecule has 0 radical (unpaired) electrons. The van der Waals surface area contributed by atoms with Crippen LogP contribution in [0.25, 0.3) is 22.6 Å². The van der Waals surface area contributed by atoms with Gasteiger partial charge in [-0.1, -0.05) is 18.2 Å². The number of rotatable bonds is 5. The van der Waals surface area contributed by atoms with Crippen LogP contribution in [0.3, 0.4) is 0 Å². The van der Waals surface area contributed by atoms with E-state index in [-0.39, 0.29) is 11.8 Å². The summed E-state index contributed by atoms with van der Waals surface area (Å²) in [7, 11) is 0. The lowest BCUT2D eigenvalue weighted by molar-refractivity contribution is 0.101. The van der Waals surface area contributed by atoms with Crippen LogP contribution in [0.5, 0.6) is 0 Å². The average Bonchev–Trinajstić information content (AvgIpc) is 3.50. The normalized spacial score (nSPS) is 10.8. The second-order valence-electron chi connectivity index (χ2n) is 7.01. The van der Waals surface area contributed by atoms with Crippen LogP contribution in [0.15, 0.2) is 89.9 Å². The molecule has 0 unspecified atom stereocenters. The molecule has 0 saturated carbocycles. The summed E-state index contributed by atoms with van der Waals surface area (Å²) in [5.74, 6) is 0.0649. The molecule has 2 amide bonds. The number of aromatic nitrogens is 3. The van der Waals surface area contributed by atoms with Crippen LogP contribution in [-0.4, -0.2) is 26.8 Å². The Bertz CT molecular complexity index is 1390. The zero-order valence-corrected chi connectivity index (χ0v) is 16.7. The number of anilines is 2. The quantitative estimate of drug-likeness (QED) is 0.378. The van der Waals surface area contributed by atoms with Gasteiger partial charge >= 0.3 is 0 Å². The van der Waals surface area contributed by atoms with E-state index in [9.17, 15) is 9.59 Å². The Labute approximate surface area is 182 Å². The molecule has 0 atom stereocenters. The predicted molar refractivity (Wildman–Crippen MR) is 120 cm³/mol. The van der Waals surface area contributed by atoms with Crippen molar-refractivity contribution >= 4 is 34.4 Å². The number of benzene rings is 2. The van der Waals surface area contributed by atoms with E-state index < -0.39 is 0 Å². The van der Waals surface area contributed by atoms with E-state index in [1.165, 1.54) is 0 Å². The van der Waals surface area contributed by atoms with E-state index in [1.807, 2.05) is 6.07 Å². The minimum absolute atomic E-state index is 0.200. The van der Waals surface area contributed by atoms with Crippen LogP contribution in [-0.2, 0) is 0 Å². The van der Waals surface area contributed by atoms with Crippen LogP contribution in [0, 0.1) is 0 Å². The fourth-order valence-electron chi connectivity index (χ4n) is 3.26. The number of pyridine rings is 1. The summed E-state index contributed by atoms with van der Waals surface area (Å²) >= 11 is 0. The van der Waals surface area contributed by atoms with Crippen LogP contribution >= 0.6 is 0 Å². The van der Waals surface area contributed by atoms with Crippen molar-refractivity contribution in [2.75, 3.05) is 10.6 Å². The highest BCUT2D eigenvalue weighted by Crippen LogP contribution is 2.23. The van der Waals surface area contributed by atoms with E-state index in [0.717, 1.165) is 5.56 Å². The minimum Gasteiger partial charge on any atom is -0.472 e. The number of nitrogens with zero attached hydrogens (tertiary/aromatic N) is 2. The highest BCUT2D eigenvalue weighted by atomic mass is 16.3. The molecule has 0 aliphatic rings. The van der Waals surface area contributed by atoms with Crippen molar-refractivity contribution in [3.8, 4) is 11.4 Å². The van der Waals surface area contributed by atoms with E-state index in [4.69, 9.17) is 4.42 Å². The maximum absolute atomic E-state index is 12.9. The summed E-state index contributed by atoms with van der Waals surface area (Å²) in [6, 6.07) is 19.3. The maximum atomic E-state index is 12.9. The molecule has 0 aliphatic heterocycles. The minimum atomic E-state index is -0.305. The lowest BCUT2D eigenvalue weighted by Gasteiger charge is -2.08. The number of imidazole rings is 1. The van der Waals surface area contributed by atoms with Crippen LogP contribution in [0.4, 0.5) is 11.4 Å². The SMILES string of the molecule is O=C(Nc1ccc(NC(=O)c2ccnc3nc(-c4ccoc4)[nH]c23)cc1)c1ccccc1. The van der Waals surface area contributed by atoms with Gasteiger partial charge in [0.05, 0.1) is 22.9 Å². The van der Waals surface area contributed by atoms with E-state index in [1.54, 1.807) is 79.4 Å². The van der Waals surface area contributed by atoms with Crippen molar-refractivity contribution in [1.82, 2.24) is 15.0 Å². The summed E-state index contributed by atoms with van der Waals surface area (Å²) in [6.45, 7) is 0. The Morgan fingerprint density at radius 2 is 1.56 bits per heavy atom. The van der Waals surface area contributed by atoms with Gasteiger partial charge < -0.3 is 20.0 Å². The van der Waals surface area contributed by atoms with Gasteiger partial charge in [0.2, 0.25) is 0 Å². The van der Waals surface area contributed by atoms with Crippen molar-refractivity contribution in [2.45, 2.75) is 0 Å². The standard InChI is InChI=1S/C24H17N5O3/c30-23(15-4-2-1-3-5-15)26-17-6-8-18(9-7-17)27-24(31)19-10-12-25-22-20(19)28-21(29-22)16-11-13-32-14-16/h1-14H,(H,26,30)(H,27,31)(H,25,28,29). The van der Waals surface area contributed by atoms with Crippen molar-refractivity contribution in [1.29, 1.82) is 0 Å². The molecule has 0 fully saturated rings. The van der Waals surface area contributed by atoms with Crippen LogP contribution in [0.2, 0.25) is 0 Å². The average molecular weight is 423 g/mol. The van der Waals surface area contributed by atoms with Gasteiger partial charge in [0.1, 0.15) is 12.1 Å². The number of fused-ring (bicyclic) bond motifs is 1. The fourth-order valence-corrected chi connectivity index (χ4v) is 3.26. The van der Waals surface area contributed by atoms with E-state index >= 15 is 0 Å². The molecule has 0 spiro atoms.